The zero-order valence-electron chi connectivity index (χ0n) is 22.8. The Hall–Kier alpha value is -4.30. The van der Waals surface area contributed by atoms with Crippen molar-refractivity contribution in [1.29, 1.82) is 0 Å². The first-order chi connectivity index (χ1) is 20.1. The van der Waals surface area contributed by atoms with Gasteiger partial charge in [0.05, 0.1) is 13.2 Å². The van der Waals surface area contributed by atoms with Gasteiger partial charge in [0.25, 0.3) is 0 Å². The van der Waals surface area contributed by atoms with Crippen molar-refractivity contribution < 1.29 is 31.5 Å². The molecule has 1 atom stereocenters. The zero-order chi connectivity index (χ0) is 29.9. The molecule has 0 bridgehead atoms. The van der Waals surface area contributed by atoms with Crippen LogP contribution < -0.4 is 24.1 Å². The average Bonchev–Trinajstić information content (AvgIpc) is 3.41. The Balaban J connectivity index is 1.34. The molecule has 1 aromatic heterocycles. The van der Waals surface area contributed by atoms with E-state index in [9.17, 15) is 26.8 Å². The molecule has 0 unspecified atom stereocenters. The van der Waals surface area contributed by atoms with Crippen molar-refractivity contribution in [3.8, 4) is 0 Å². The third-order valence-electron chi connectivity index (χ3n) is 7.11. The maximum Gasteiger partial charge on any atom is 0.330 e. The number of likely N-dealkylation sites (N-methyl/N-ethyl adjacent to an activating group) is 1. The number of ether oxygens (including phenoxy) is 1. The molecule has 3 amide bonds. The van der Waals surface area contributed by atoms with E-state index in [0.717, 1.165) is 35.2 Å². The van der Waals surface area contributed by atoms with Gasteiger partial charge < -0.3 is 19.9 Å². The van der Waals surface area contributed by atoms with Gasteiger partial charge in [0.1, 0.15) is 23.5 Å². The third kappa shape index (κ3) is 6.60. The second-order valence-corrected chi connectivity index (χ2v) is 11.5. The Morgan fingerprint density at radius 2 is 1.74 bits per heavy atom. The first-order valence-electron chi connectivity index (χ1n) is 13.3. The predicted octanol–water partition coefficient (Wildman–Crippen LogP) is 2.38. The van der Waals surface area contributed by atoms with E-state index in [1.165, 1.54) is 18.1 Å². The summed E-state index contributed by atoms with van der Waals surface area (Å²) in [4.78, 5) is 34.1. The van der Waals surface area contributed by atoms with E-state index in [4.69, 9.17) is 4.74 Å². The quantitative estimate of drug-likeness (QED) is 0.407. The summed E-state index contributed by atoms with van der Waals surface area (Å²) in [6, 6.07) is 10.9. The summed E-state index contributed by atoms with van der Waals surface area (Å²) in [5.41, 5.74) is 2.27. The van der Waals surface area contributed by atoms with Crippen LogP contribution in [0.25, 0.3) is 0 Å². The maximum absolute atomic E-state index is 13.9. The van der Waals surface area contributed by atoms with Gasteiger partial charge in [-0.3, -0.25) is 4.79 Å². The molecule has 0 radical (unpaired) electrons. The number of benzene rings is 2. The van der Waals surface area contributed by atoms with Gasteiger partial charge in [0.15, 0.2) is 0 Å². The van der Waals surface area contributed by atoms with Crippen molar-refractivity contribution in [3.63, 3.8) is 0 Å². The van der Waals surface area contributed by atoms with Crippen molar-refractivity contribution in [2.45, 2.75) is 18.9 Å². The molecule has 14 heteroatoms. The van der Waals surface area contributed by atoms with E-state index < -0.39 is 39.8 Å². The average molecular weight is 601 g/mol. The highest BCUT2D eigenvalue weighted by molar-refractivity contribution is 7.91. The largest absolute Gasteiger partial charge is 0.378 e. The van der Waals surface area contributed by atoms with Crippen LogP contribution in [0.15, 0.2) is 60.8 Å². The molecule has 3 aromatic rings. The molecular weight excluding hydrogens is 570 g/mol. The molecule has 11 nitrogen and oxygen atoms in total. The molecular formula is C28H30F2N6O5S. The monoisotopic (exact) mass is 600 g/mol. The highest BCUT2D eigenvalue weighted by Crippen LogP contribution is 2.27. The first kappa shape index (κ1) is 29.2. The molecule has 0 spiro atoms. The van der Waals surface area contributed by atoms with Crippen molar-refractivity contribution in [2.75, 3.05) is 54.0 Å². The van der Waals surface area contributed by atoms with Crippen LogP contribution in [-0.2, 0) is 32.6 Å². The van der Waals surface area contributed by atoms with Gasteiger partial charge in [-0.1, -0.05) is 6.07 Å². The number of nitrogens with one attached hydrogen (secondary N) is 2. The van der Waals surface area contributed by atoms with Crippen LogP contribution in [0.4, 0.5) is 30.8 Å². The molecule has 1 saturated heterocycles. The summed E-state index contributed by atoms with van der Waals surface area (Å²) < 4.78 is 62.2. The SMILES string of the molecule is CN(C(=O)[C@H](Cc1cc(F)cc(F)c1)NC(=O)NS(=O)(=O)N1CCc2cccnc21)c1ccc(N2CCOCC2)cc1. The lowest BCUT2D eigenvalue weighted by Gasteiger charge is -2.29. The Morgan fingerprint density at radius 1 is 1.05 bits per heavy atom. The number of halogens is 2. The summed E-state index contributed by atoms with van der Waals surface area (Å²) in [5, 5.41) is 2.39. The second-order valence-electron chi connectivity index (χ2n) is 9.94. The zero-order valence-corrected chi connectivity index (χ0v) is 23.6. The molecule has 2 aromatic carbocycles. The minimum absolute atomic E-state index is 0.0864. The number of hydrogen-bond acceptors (Lipinski definition) is 7. The Kier molecular flexibility index (Phi) is 8.54. The summed E-state index contributed by atoms with van der Waals surface area (Å²) in [5.74, 6) is -2.12. The van der Waals surface area contributed by atoms with E-state index in [1.54, 1.807) is 24.3 Å². The van der Waals surface area contributed by atoms with Crippen LogP contribution in [0, 0.1) is 11.6 Å². The number of nitrogens with zero attached hydrogens (tertiary/aromatic N) is 4. The summed E-state index contributed by atoms with van der Waals surface area (Å²) in [6.07, 6.45) is 1.57. The van der Waals surface area contributed by atoms with Crippen LogP contribution in [0.2, 0.25) is 0 Å². The number of hydrogen-bond donors (Lipinski definition) is 2. The van der Waals surface area contributed by atoms with E-state index in [0.29, 0.717) is 37.0 Å². The molecule has 2 aliphatic rings. The van der Waals surface area contributed by atoms with Crippen LogP contribution >= 0.6 is 0 Å². The minimum Gasteiger partial charge on any atom is -0.378 e. The highest BCUT2D eigenvalue weighted by Gasteiger charge is 2.33. The topological polar surface area (TPSA) is 124 Å². The number of fused-ring (bicyclic) bond motifs is 1. The number of carbonyl (C=O) groups excluding carboxylic acids is 2. The van der Waals surface area contributed by atoms with Gasteiger partial charge >= 0.3 is 16.2 Å². The Bertz CT molecular complexity index is 1550. The van der Waals surface area contributed by atoms with Crippen LogP contribution in [-0.4, -0.2) is 71.3 Å². The Labute approximate surface area is 242 Å². The van der Waals surface area contributed by atoms with Gasteiger partial charge in [0.2, 0.25) is 5.91 Å². The predicted molar refractivity (Wildman–Crippen MR) is 153 cm³/mol. The van der Waals surface area contributed by atoms with Crippen LogP contribution in [0.3, 0.4) is 0 Å². The third-order valence-corrected chi connectivity index (χ3v) is 8.49. The maximum atomic E-state index is 13.9. The lowest BCUT2D eigenvalue weighted by Crippen LogP contribution is -2.54. The number of rotatable bonds is 8. The number of morpholine rings is 1. The fourth-order valence-corrected chi connectivity index (χ4v) is 6.13. The minimum atomic E-state index is -4.37. The fraction of sp³-hybridized carbons (Fsp3) is 0.321. The number of carbonyl (C=O) groups is 2. The standard InChI is InChI=1S/C28H30F2N6O5S/c1-34(23-4-6-24(7-5-23)35-11-13-41-14-12-35)27(37)25(17-19-15-21(29)18-22(30)16-19)32-28(38)33-42(39,40)36-10-8-20-3-2-9-31-26(20)36/h2-7,9,15-16,18,25H,8,10-14,17H2,1H3,(H2,32,33,38)/t25-/m0/s1. The van der Waals surface area contributed by atoms with Gasteiger partial charge in [-0.2, -0.15) is 8.42 Å². The molecule has 222 valence electrons. The highest BCUT2D eigenvalue weighted by atomic mass is 32.2. The molecule has 0 aliphatic carbocycles. The van der Waals surface area contributed by atoms with Crippen molar-refractivity contribution in [1.82, 2.24) is 15.0 Å². The molecule has 42 heavy (non-hydrogen) atoms. The fourth-order valence-electron chi connectivity index (χ4n) is 5.01. The smallest absolute Gasteiger partial charge is 0.330 e. The lowest BCUT2D eigenvalue weighted by atomic mass is 10.0. The first-order valence-corrected chi connectivity index (χ1v) is 14.7. The van der Waals surface area contributed by atoms with Gasteiger partial charge in [0, 0.05) is 56.7 Å². The second kappa shape index (κ2) is 12.3. The number of anilines is 3. The normalized spacial score (nSPS) is 15.6. The number of urea groups is 1. The van der Waals surface area contributed by atoms with Gasteiger partial charge in [-0.05, 0) is 60.0 Å². The number of pyridine rings is 1. The van der Waals surface area contributed by atoms with Gasteiger partial charge in [-0.15, -0.1) is 0 Å². The lowest BCUT2D eigenvalue weighted by molar-refractivity contribution is -0.120. The van der Waals surface area contributed by atoms with Crippen LogP contribution in [0.5, 0.6) is 0 Å². The summed E-state index contributed by atoms with van der Waals surface area (Å²) >= 11 is 0. The van der Waals surface area contributed by atoms with Crippen molar-refractivity contribution in [3.05, 3.63) is 83.6 Å². The Morgan fingerprint density at radius 3 is 2.43 bits per heavy atom. The van der Waals surface area contributed by atoms with E-state index in [-0.39, 0.29) is 24.3 Å². The van der Waals surface area contributed by atoms with Crippen molar-refractivity contribution in [2.24, 2.45) is 0 Å². The molecule has 2 aliphatic heterocycles. The van der Waals surface area contributed by atoms with E-state index in [2.05, 4.69) is 15.2 Å². The summed E-state index contributed by atoms with van der Waals surface area (Å²) in [6.45, 7) is 2.80. The van der Waals surface area contributed by atoms with Gasteiger partial charge in [-0.25, -0.2) is 27.6 Å². The van der Waals surface area contributed by atoms with E-state index >= 15 is 0 Å². The number of amides is 3. The molecule has 0 saturated carbocycles. The molecule has 3 heterocycles. The van der Waals surface area contributed by atoms with E-state index in [1.807, 2.05) is 16.9 Å². The van der Waals surface area contributed by atoms with Crippen LogP contribution in [0.1, 0.15) is 11.1 Å². The number of aromatic nitrogens is 1. The summed E-state index contributed by atoms with van der Waals surface area (Å²) in [7, 11) is -2.87. The van der Waals surface area contributed by atoms with Crippen molar-refractivity contribution >= 4 is 39.3 Å². The molecule has 2 N–H and O–H groups in total. The molecule has 5 rings (SSSR count). The molecule has 1 fully saturated rings.